The molecule has 0 aliphatic carbocycles. The summed E-state index contributed by atoms with van der Waals surface area (Å²) >= 11 is 3.21. The second-order valence-electron chi connectivity index (χ2n) is 3.81. The molecule has 1 saturated heterocycles. The summed E-state index contributed by atoms with van der Waals surface area (Å²) in [5.41, 5.74) is 0.282. The van der Waals surface area contributed by atoms with E-state index in [1.54, 1.807) is 6.07 Å². The summed E-state index contributed by atoms with van der Waals surface area (Å²) in [4.78, 5) is 11.0. The molecule has 4 nitrogen and oxygen atoms in total. The number of ether oxygens (including phenoxy) is 2. The lowest BCUT2D eigenvalue weighted by Gasteiger charge is -2.32. The SMILES string of the molecule is COc1ccc([C@@H]2NC(=O)OCC2(F)F)cc1Br.Cl. The van der Waals surface area contributed by atoms with E-state index >= 15 is 0 Å². The number of methoxy groups -OCH3 is 1. The van der Waals surface area contributed by atoms with Crippen LogP contribution in [0.1, 0.15) is 11.6 Å². The molecular formula is C11H11BrClF2NO3. The van der Waals surface area contributed by atoms with Crippen LogP contribution in [0.5, 0.6) is 5.75 Å². The first-order valence-corrected chi connectivity index (χ1v) is 5.88. The topological polar surface area (TPSA) is 47.6 Å². The fraction of sp³-hybridized carbons (Fsp3) is 0.364. The second kappa shape index (κ2) is 5.92. The number of nitrogens with one attached hydrogen (secondary N) is 1. The van der Waals surface area contributed by atoms with E-state index in [-0.39, 0.29) is 18.0 Å². The van der Waals surface area contributed by atoms with Crippen LogP contribution in [0.2, 0.25) is 0 Å². The van der Waals surface area contributed by atoms with Gasteiger partial charge in [0, 0.05) is 0 Å². The summed E-state index contributed by atoms with van der Waals surface area (Å²) in [7, 11) is 1.48. The first-order valence-electron chi connectivity index (χ1n) is 5.08. The normalized spacial score (nSPS) is 20.8. The molecule has 1 aliphatic rings. The van der Waals surface area contributed by atoms with Gasteiger partial charge in [0.15, 0.2) is 6.61 Å². The summed E-state index contributed by atoms with van der Waals surface area (Å²) in [6.07, 6.45) is -0.849. The van der Waals surface area contributed by atoms with Crippen molar-refractivity contribution in [1.82, 2.24) is 5.32 Å². The van der Waals surface area contributed by atoms with Crippen LogP contribution in [0.3, 0.4) is 0 Å². The molecule has 1 N–H and O–H groups in total. The zero-order chi connectivity index (χ0) is 13.3. The summed E-state index contributed by atoms with van der Waals surface area (Å²) in [6, 6.07) is 3.12. The van der Waals surface area contributed by atoms with Crippen molar-refractivity contribution < 1.29 is 23.0 Å². The Kier molecular flexibility index (Phi) is 4.98. The smallest absolute Gasteiger partial charge is 0.408 e. The second-order valence-corrected chi connectivity index (χ2v) is 4.66. The molecule has 1 aromatic rings. The van der Waals surface area contributed by atoms with Gasteiger partial charge < -0.3 is 14.8 Å². The van der Waals surface area contributed by atoms with Gasteiger partial charge in [-0.25, -0.2) is 13.6 Å². The van der Waals surface area contributed by atoms with E-state index in [0.29, 0.717) is 10.2 Å². The van der Waals surface area contributed by atoms with E-state index in [9.17, 15) is 13.6 Å². The van der Waals surface area contributed by atoms with Gasteiger partial charge in [-0.2, -0.15) is 0 Å². The molecule has 1 heterocycles. The van der Waals surface area contributed by atoms with Gasteiger partial charge in [0.25, 0.3) is 0 Å². The number of halogens is 4. The Labute approximate surface area is 123 Å². The van der Waals surface area contributed by atoms with Crippen molar-refractivity contribution in [3.8, 4) is 5.75 Å². The van der Waals surface area contributed by atoms with E-state index in [1.807, 2.05) is 0 Å². The van der Waals surface area contributed by atoms with Crippen LogP contribution in [0.15, 0.2) is 22.7 Å². The quantitative estimate of drug-likeness (QED) is 0.882. The Balaban J connectivity index is 0.00000180. The monoisotopic (exact) mass is 357 g/mol. The van der Waals surface area contributed by atoms with Gasteiger partial charge in [0.2, 0.25) is 0 Å². The number of alkyl carbamates (subject to hydrolysis) is 1. The molecule has 0 spiro atoms. The van der Waals surface area contributed by atoms with Crippen LogP contribution in [0.4, 0.5) is 13.6 Å². The highest BCUT2D eigenvalue weighted by molar-refractivity contribution is 9.10. The average Bonchev–Trinajstić information content (AvgIpc) is 2.32. The maximum atomic E-state index is 13.7. The van der Waals surface area contributed by atoms with Gasteiger partial charge in [-0.3, -0.25) is 0 Å². The number of amides is 1. The minimum Gasteiger partial charge on any atom is -0.496 e. The van der Waals surface area contributed by atoms with Crippen LogP contribution in [0, 0.1) is 0 Å². The minimum atomic E-state index is -3.15. The molecule has 1 aliphatic heterocycles. The van der Waals surface area contributed by atoms with Crippen molar-refractivity contribution in [2.75, 3.05) is 13.7 Å². The van der Waals surface area contributed by atoms with Gasteiger partial charge in [-0.05, 0) is 33.6 Å². The van der Waals surface area contributed by atoms with Gasteiger partial charge in [0.1, 0.15) is 11.8 Å². The Morgan fingerprint density at radius 2 is 2.21 bits per heavy atom. The first kappa shape index (κ1) is 16.0. The van der Waals surface area contributed by atoms with Crippen LogP contribution in [-0.2, 0) is 4.74 Å². The van der Waals surface area contributed by atoms with Crippen molar-refractivity contribution in [2.45, 2.75) is 12.0 Å². The number of carbonyl (C=O) groups is 1. The minimum absolute atomic E-state index is 0. The molecule has 1 fully saturated rings. The number of hydrogen-bond acceptors (Lipinski definition) is 3. The lowest BCUT2D eigenvalue weighted by Crippen LogP contribution is -2.49. The maximum Gasteiger partial charge on any atom is 0.408 e. The van der Waals surface area contributed by atoms with E-state index in [1.165, 1.54) is 19.2 Å². The molecule has 8 heteroatoms. The van der Waals surface area contributed by atoms with Crippen LogP contribution >= 0.6 is 28.3 Å². The number of rotatable bonds is 2. The van der Waals surface area contributed by atoms with Crippen LogP contribution < -0.4 is 10.1 Å². The number of hydrogen-bond donors (Lipinski definition) is 1. The summed E-state index contributed by atoms with van der Waals surface area (Å²) in [6.45, 7) is -0.923. The Morgan fingerprint density at radius 1 is 1.53 bits per heavy atom. The fourth-order valence-electron chi connectivity index (χ4n) is 1.70. The van der Waals surface area contributed by atoms with E-state index < -0.39 is 24.7 Å². The molecule has 0 unspecified atom stereocenters. The molecule has 1 aromatic carbocycles. The van der Waals surface area contributed by atoms with Crippen molar-refractivity contribution in [3.05, 3.63) is 28.2 Å². The largest absolute Gasteiger partial charge is 0.496 e. The molecular weight excluding hydrogens is 347 g/mol. The van der Waals surface area contributed by atoms with Crippen molar-refractivity contribution in [1.29, 1.82) is 0 Å². The third-order valence-electron chi connectivity index (χ3n) is 2.59. The van der Waals surface area contributed by atoms with Gasteiger partial charge in [-0.15, -0.1) is 12.4 Å². The molecule has 1 amide bonds. The van der Waals surface area contributed by atoms with E-state index in [2.05, 4.69) is 26.0 Å². The van der Waals surface area contributed by atoms with E-state index in [4.69, 9.17) is 4.74 Å². The molecule has 106 valence electrons. The maximum absolute atomic E-state index is 13.7. The molecule has 0 bridgehead atoms. The Hall–Kier alpha value is -1.08. The summed E-state index contributed by atoms with van der Waals surface area (Å²) in [5, 5.41) is 2.11. The zero-order valence-electron chi connectivity index (χ0n) is 9.78. The standard InChI is InChI=1S/C11H10BrF2NO3.ClH/c1-17-8-3-2-6(4-7(8)12)9-11(13,14)5-18-10(16)15-9;/h2-4,9H,5H2,1H3,(H,15,16);1H/t9-;/m0./s1. The lowest BCUT2D eigenvalue weighted by molar-refractivity contribution is -0.104. The number of benzene rings is 1. The highest BCUT2D eigenvalue weighted by atomic mass is 79.9. The van der Waals surface area contributed by atoms with Crippen LogP contribution in [0.25, 0.3) is 0 Å². The fourth-order valence-corrected chi connectivity index (χ4v) is 2.26. The van der Waals surface area contributed by atoms with Crippen molar-refractivity contribution in [2.24, 2.45) is 0 Å². The average molecular weight is 359 g/mol. The number of carbonyl (C=O) groups excluding carboxylic acids is 1. The zero-order valence-corrected chi connectivity index (χ0v) is 12.2. The third kappa shape index (κ3) is 3.27. The molecule has 2 rings (SSSR count). The Bertz CT molecular complexity index is 487. The number of alkyl halides is 2. The Morgan fingerprint density at radius 3 is 2.79 bits per heavy atom. The van der Waals surface area contributed by atoms with Gasteiger partial charge in [0.05, 0.1) is 11.6 Å². The summed E-state index contributed by atoms with van der Waals surface area (Å²) in [5.74, 6) is -2.62. The molecule has 1 atom stereocenters. The summed E-state index contributed by atoms with van der Waals surface area (Å²) < 4.78 is 37.1. The third-order valence-corrected chi connectivity index (χ3v) is 3.21. The van der Waals surface area contributed by atoms with Crippen molar-refractivity contribution >= 4 is 34.4 Å². The lowest BCUT2D eigenvalue weighted by atomic mass is 10.00. The molecule has 19 heavy (non-hydrogen) atoms. The van der Waals surface area contributed by atoms with Gasteiger partial charge in [-0.1, -0.05) is 6.07 Å². The highest BCUT2D eigenvalue weighted by Gasteiger charge is 2.46. The first-order chi connectivity index (χ1) is 8.44. The predicted molar refractivity (Wildman–Crippen MR) is 70.1 cm³/mol. The van der Waals surface area contributed by atoms with Crippen molar-refractivity contribution in [3.63, 3.8) is 0 Å². The molecule has 0 saturated carbocycles. The van der Waals surface area contributed by atoms with Gasteiger partial charge >= 0.3 is 12.0 Å². The predicted octanol–water partition coefficient (Wildman–Crippen LogP) is 3.30. The number of cyclic esters (lactones) is 1. The van der Waals surface area contributed by atoms with Crippen LogP contribution in [-0.4, -0.2) is 25.7 Å². The molecule has 0 aromatic heterocycles. The molecule has 0 radical (unpaired) electrons. The highest BCUT2D eigenvalue weighted by Crippen LogP contribution is 2.37. The van der Waals surface area contributed by atoms with E-state index in [0.717, 1.165) is 0 Å².